The van der Waals surface area contributed by atoms with Gasteiger partial charge in [-0.1, -0.05) is 18.2 Å². The smallest absolute Gasteiger partial charge is 0.330 e. The Bertz CT molecular complexity index is 1100. The first-order chi connectivity index (χ1) is 13.9. The molecule has 0 bridgehead atoms. The van der Waals surface area contributed by atoms with Crippen LogP contribution < -0.4 is 22.3 Å². The van der Waals surface area contributed by atoms with Crippen molar-refractivity contribution < 1.29 is 14.0 Å². The molecule has 2 heterocycles. The molecule has 1 aliphatic heterocycles. The molecular weight excluding hydrogens is 381 g/mol. The zero-order valence-electron chi connectivity index (χ0n) is 15.5. The molecule has 9 nitrogen and oxygen atoms in total. The molecule has 29 heavy (non-hydrogen) atoms. The number of halogens is 1. The maximum absolute atomic E-state index is 14.3. The summed E-state index contributed by atoms with van der Waals surface area (Å²) in [6.07, 6.45) is 1.48. The normalized spacial score (nSPS) is 19.8. The molecule has 4 N–H and O–H groups in total. The van der Waals surface area contributed by atoms with E-state index in [1.165, 1.54) is 27.7 Å². The van der Waals surface area contributed by atoms with Gasteiger partial charge < -0.3 is 11.1 Å². The van der Waals surface area contributed by atoms with Crippen molar-refractivity contribution in [3.63, 3.8) is 0 Å². The van der Waals surface area contributed by atoms with Gasteiger partial charge in [-0.05, 0) is 18.9 Å². The molecule has 0 radical (unpaired) electrons. The molecule has 2 fully saturated rings. The summed E-state index contributed by atoms with van der Waals surface area (Å²) >= 11 is 0. The van der Waals surface area contributed by atoms with E-state index in [2.05, 4.69) is 10.3 Å². The van der Waals surface area contributed by atoms with Crippen molar-refractivity contribution in [2.45, 2.75) is 24.9 Å². The number of nitrogens with zero attached hydrogens (tertiary/aromatic N) is 2. The Morgan fingerprint density at radius 3 is 2.62 bits per heavy atom. The lowest BCUT2D eigenvalue weighted by Gasteiger charge is -2.34. The van der Waals surface area contributed by atoms with Crippen molar-refractivity contribution in [3.05, 3.63) is 62.0 Å². The number of piperazine rings is 1. The third-order valence-corrected chi connectivity index (χ3v) is 5.23. The second-order valence-electron chi connectivity index (χ2n) is 7.23. The van der Waals surface area contributed by atoms with E-state index in [0.29, 0.717) is 0 Å². The number of aromatic amines is 1. The predicted molar refractivity (Wildman–Crippen MR) is 102 cm³/mol. The molecule has 1 amide bonds. The van der Waals surface area contributed by atoms with Crippen LogP contribution in [0.5, 0.6) is 0 Å². The Morgan fingerprint density at radius 1 is 1.21 bits per heavy atom. The van der Waals surface area contributed by atoms with E-state index in [-0.39, 0.29) is 42.6 Å². The highest BCUT2D eigenvalue weighted by molar-refractivity contribution is 6.01. The van der Waals surface area contributed by atoms with Crippen molar-refractivity contribution in [2.24, 2.45) is 0 Å². The molecule has 4 rings (SSSR count). The largest absolute Gasteiger partial charge is 0.384 e. The summed E-state index contributed by atoms with van der Waals surface area (Å²) in [7, 11) is 0. The number of carbonyl (C=O) groups excluding carboxylic acids is 2. The van der Waals surface area contributed by atoms with Crippen molar-refractivity contribution in [1.82, 2.24) is 19.8 Å². The summed E-state index contributed by atoms with van der Waals surface area (Å²) in [6.45, 7) is 0.254. The van der Waals surface area contributed by atoms with Crippen LogP contribution in [0, 0.1) is 5.82 Å². The number of nitrogen functional groups attached to an aromatic ring is 1. The van der Waals surface area contributed by atoms with E-state index >= 15 is 0 Å². The second-order valence-corrected chi connectivity index (χ2v) is 7.23. The first kappa shape index (κ1) is 19.1. The van der Waals surface area contributed by atoms with Gasteiger partial charge in [0.25, 0.3) is 5.56 Å². The maximum atomic E-state index is 14.3. The molecule has 1 unspecified atom stereocenters. The highest BCUT2D eigenvalue weighted by atomic mass is 19.1. The SMILES string of the molecule is Nc1c(C(=O)CN2CCNC(=O)C2c2ccccc2F)c(=O)[nH]c(=O)n1C1CC1. The number of ketones is 1. The number of benzene rings is 1. The lowest BCUT2D eigenvalue weighted by Crippen LogP contribution is -2.52. The number of amides is 1. The number of anilines is 1. The van der Waals surface area contributed by atoms with E-state index in [1.54, 1.807) is 6.07 Å². The van der Waals surface area contributed by atoms with Gasteiger partial charge in [0.2, 0.25) is 5.91 Å². The molecule has 1 aliphatic carbocycles. The van der Waals surface area contributed by atoms with Crippen molar-refractivity contribution in [1.29, 1.82) is 0 Å². The van der Waals surface area contributed by atoms with Crippen molar-refractivity contribution in [3.8, 4) is 0 Å². The topological polar surface area (TPSA) is 130 Å². The fourth-order valence-corrected chi connectivity index (χ4v) is 3.71. The summed E-state index contributed by atoms with van der Waals surface area (Å²) in [5.74, 6) is -1.80. The fraction of sp³-hybridized carbons (Fsp3) is 0.368. The summed E-state index contributed by atoms with van der Waals surface area (Å²) in [6, 6.07) is 4.70. The third kappa shape index (κ3) is 3.46. The Morgan fingerprint density at radius 2 is 1.93 bits per heavy atom. The number of Topliss-reactive ketones (excluding diaryl/α,β-unsaturated/α-hetero) is 1. The number of nitrogens with two attached hydrogens (primary N) is 1. The van der Waals surface area contributed by atoms with Crippen LogP contribution >= 0.6 is 0 Å². The van der Waals surface area contributed by atoms with Crippen LogP contribution in [0.25, 0.3) is 0 Å². The van der Waals surface area contributed by atoms with Crippen molar-refractivity contribution in [2.75, 3.05) is 25.4 Å². The minimum atomic E-state index is -1.01. The van der Waals surface area contributed by atoms with Crippen LogP contribution in [0.15, 0.2) is 33.9 Å². The molecule has 1 aromatic carbocycles. The summed E-state index contributed by atoms with van der Waals surface area (Å²) in [4.78, 5) is 53.3. The third-order valence-electron chi connectivity index (χ3n) is 5.23. The van der Waals surface area contributed by atoms with Crippen LogP contribution in [0.4, 0.5) is 10.2 Å². The quantitative estimate of drug-likeness (QED) is 0.602. The number of aromatic nitrogens is 2. The van der Waals surface area contributed by atoms with Crippen molar-refractivity contribution >= 4 is 17.5 Å². The molecule has 2 aliphatic rings. The van der Waals surface area contributed by atoms with Gasteiger partial charge in [-0.25, -0.2) is 9.18 Å². The van der Waals surface area contributed by atoms with Crippen LogP contribution in [0.3, 0.4) is 0 Å². The first-order valence-electron chi connectivity index (χ1n) is 9.32. The van der Waals surface area contributed by atoms with Gasteiger partial charge in [-0.3, -0.25) is 28.8 Å². The van der Waals surface area contributed by atoms with Crippen LogP contribution in [-0.2, 0) is 4.79 Å². The standard InChI is InChI=1S/C19H20FN5O4/c20-12-4-2-1-3-11(12)15-18(28)22-7-8-24(15)9-13(26)14-16(21)25(10-5-6-10)19(29)23-17(14)27/h1-4,10,15H,5-9,21H2,(H,22,28)(H,23,27,29). The number of hydrogen-bond donors (Lipinski definition) is 3. The minimum absolute atomic E-state index is 0.127. The van der Waals surface area contributed by atoms with Crippen LogP contribution in [0.1, 0.15) is 40.8 Å². The number of nitrogens with one attached hydrogen (secondary N) is 2. The second kappa shape index (κ2) is 7.28. The summed E-state index contributed by atoms with van der Waals surface area (Å²) in [5.41, 5.74) is 4.32. The van der Waals surface area contributed by atoms with Gasteiger partial charge in [-0.2, -0.15) is 0 Å². The van der Waals surface area contributed by atoms with E-state index < -0.39 is 34.8 Å². The van der Waals surface area contributed by atoms with Gasteiger partial charge in [0, 0.05) is 24.7 Å². The Hall–Kier alpha value is -3.27. The Kier molecular flexibility index (Phi) is 4.79. The molecule has 10 heteroatoms. The Balaban J connectivity index is 1.68. The minimum Gasteiger partial charge on any atom is -0.384 e. The van der Waals surface area contributed by atoms with Crippen LogP contribution in [-0.4, -0.2) is 45.8 Å². The molecule has 1 atom stereocenters. The number of H-pyrrole nitrogens is 1. The number of carbonyl (C=O) groups is 2. The van der Waals surface area contributed by atoms with E-state index in [1.807, 2.05) is 0 Å². The predicted octanol–water partition coefficient (Wildman–Crippen LogP) is -0.0514. The average Bonchev–Trinajstić information content (AvgIpc) is 3.47. The summed E-state index contributed by atoms with van der Waals surface area (Å²) < 4.78 is 15.5. The fourth-order valence-electron chi connectivity index (χ4n) is 3.71. The summed E-state index contributed by atoms with van der Waals surface area (Å²) in [5, 5.41) is 2.67. The van der Waals surface area contributed by atoms with Gasteiger partial charge in [0.15, 0.2) is 5.78 Å². The van der Waals surface area contributed by atoms with E-state index in [9.17, 15) is 23.6 Å². The Labute approximate surface area is 164 Å². The molecule has 1 aromatic heterocycles. The lowest BCUT2D eigenvalue weighted by molar-refractivity contribution is -0.129. The van der Waals surface area contributed by atoms with E-state index in [0.717, 1.165) is 12.8 Å². The molecule has 0 spiro atoms. The first-order valence-corrected chi connectivity index (χ1v) is 9.32. The highest BCUT2D eigenvalue weighted by Crippen LogP contribution is 2.35. The lowest BCUT2D eigenvalue weighted by atomic mass is 10.0. The van der Waals surface area contributed by atoms with Gasteiger partial charge >= 0.3 is 5.69 Å². The zero-order valence-corrected chi connectivity index (χ0v) is 15.5. The monoisotopic (exact) mass is 401 g/mol. The zero-order chi connectivity index (χ0) is 20.7. The molecule has 1 saturated carbocycles. The van der Waals surface area contributed by atoms with Gasteiger partial charge in [0.05, 0.1) is 6.54 Å². The average molecular weight is 401 g/mol. The molecule has 152 valence electrons. The molecule has 2 aromatic rings. The van der Waals surface area contributed by atoms with Crippen LogP contribution in [0.2, 0.25) is 0 Å². The maximum Gasteiger partial charge on any atom is 0.330 e. The molecular formula is C19H20FN5O4. The van der Waals surface area contributed by atoms with Gasteiger partial charge in [-0.15, -0.1) is 0 Å². The van der Waals surface area contributed by atoms with E-state index in [4.69, 9.17) is 5.73 Å². The number of rotatable bonds is 5. The van der Waals surface area contributed by atoms with Gasteiger partial charge in [0.1, 0.15) is 23.2 Å². The highest BCUT2D eigenvalue weighted by Gasteiger charge is 2.36. The molecule has 1 saturated heterocycles. The number of hydrogen-bond acceptors (Lipinski definition) is 6.